The second-order valence-electron chi connectivity index (χ2n) is 7.53. The molecule has 4 rings (SSSR count). The molecular formula is C25H28N4O3S. The number of amides is 1. The zero-order valence-electron chi connectivity index (χ0n) is 19.2. The van der Waals surface area contributed by atoms with Crippen molar-refractivity contribution >= 4 is 23.4 Å². The van der Waals surface area contributed by atoms with Gasteiger partial charge < -0.3 is 9.47 Å². The van der Waals surface area contributed by atoms with Crippen molar-refractivity contribution < 1.29 is 14.3 Å². The summed E-state index contributed by atoms with van der Waals surface area (Å²) < 4.78 is 12.4. The van der Waals surface area contributed by atoms with Gasteiger partial charge in [-0.1, -0.05) is 62.4 Å². The van der Waals surface area contributed by atoms with Crippen molar-refractivity contribution in [1.29, 1.82) is 0 Å². The molecule has 3 aromatic rings. The molecule has 172 valence electrons. The van der Waals surface area contributed by atoms with E-state index < -0.39 is 6.23 Å². The van der Waals surface area contributed by atoms with Gasteiger partial charge in [-0.3, -0.25) is 9.69 Å². The summed E-state index contributed by atoms with van der Waals surface area (Å²) in [4.78, 5) is 19.7. The first-order chi connectivity index (χ1) is 16.2. The number of thioether (sulfide) groups is 1. The molecule has 0 bridgehead atoms. The quantitative estimate of drug-likeness (QED) is 0.314. The summed E-state index contributed by atoms with van der Waals surface area (Å²) in [6.07, 6.45) is 1.73. The van der Waals surface area contributed by atoms with Crippen LogP contribution < -0.4 is 14.4 Å². The van der Waals surface area contributed by atoms with Crippen molar-refractivity contribution in [3.8, 4) is 22.9 Å². The predicted octanol–water partition coefficient (Wildman–Crippen LogP) is 5.66. The fourth-order valence-corrected chi connectivity index (χ4v) is 4.56. The van der Waals surface area contributed by atoms with Gasteiger partial charge in [-0.2, -0.15) is 4.98 Å². The first-order valence-electron chi connectivity index (χ1n) is 11.3. The van der Waals surface area contributed by atoms with Crippen LogP contribution in [0.15, 0.2) is 53.7 Å². The van der Waals surface area contributed by atoms with Crippen LogP contribution in [0.3, 0.4) is 0 Å². The number of nitrogens with zero attached hydrogens (tertiary/aromatic N) is 4. The Morgan fingerprint density at radius 1 is 1.09 bits per heavy atom. The average molecular weight is 465 g/mol. The predicted molar refractivity (Wildman–Crippen MR) is 130 cm³/mol. The molecule has 8 heteroatoms. The van der Waals surface area contributed by atoms with Crippen LogP contribution in [-0.2, 0) is 4.79 Å². The van der Waals surface area contributed by atoms with E-state index in [0.29, 0.717) is 41.2 Å². The first-order valence-corrected chi connectivity index (χ1v) is 12.3. The lowest BCUT2D eigenvalue weighted by molar-refractivity contribution is -0.120. The second kappa shape index (κ2) is 10.7. The minimum atomic E-state index is -0.757. The van der Waals surface area contributed by atoms with Crippen LogP contribution in [0.2, 0.25) is 0 Å². The van der Waals surface area contributed by atoms with E-state index in [1.807, 2.05) is 62.4 Å². The van der Waals surface area contributed by atoms with Crippen molar-refractivity contribution in [1.82, 2.24) is 15.2 Å². The topological polar surface area (TPSA) is 77.4 Å². The lowest BCUT2D eigenvalue weighted by atomic mass is 10.1. The highest BCUT2D eigenvalue weighted by molar-refractivity contribution is 7.99. The van der Waals surface area contributed by atoms with Gasteiger partial charge in [-0.15, -0.1) is 10.2 Å². The molecule has 33 heavy (non-hydrogen) atoms. The molecular weight excluding hydrogens is 436 g/mol. The van der Waals surface area contributed by atoms with Crippen molar-refractivity contribution in [2.24, 2.45) is 0 Å². The van der Waals surface area contributed by atoms with Crippen LogP contribution >= 0.6 is 11.8 Å². The monoisotopic (exact) mass is 464 g/mol. The molecule has 1 aliphatic rings. The molecule has 0 saturated carbocycles. The second-order valence-corrected chi connectivity index (χ2v) is 8.59. The fraction of sp³-hybridized carbons (Fsp3) is 0.360. The Labute approximate surface area is 198 Å². The maximum absolute atomic E-state index is 13.3. The summed E-state index contributed by atoms with van der Waals surface area (Å²) in [6, 6.07) is 15.3. The van der Waals surface area contributed by atoms with Gasteiger partial charge in [0.25, 0.3) is 0 Å². The van der Waals surface area contributed by atoms with Crippen LogP contribution in [0.5, 0.6) is 11.6 Å². The van der Waals surface area contributed by atoms with Crippen molar-refractivity contribution in [3.63, 3.8) is 0 Å². The Bertz CT molecular complexity index is 1120. The average Bonchev–Trinajstić information content (AvgIpc) is 2.98. The van der Waals surface area contributed by atoms with Gasteiger partial charge in [0, 0.05) is 17.7 Å². The molecule has 0 saturated heterocycles. The van der Waals surface area contributed by atoms with E-state index in [-0.39, 0.29) is 5.91 Å². The third-order valence-corrected chi connectivity index (χ3v) is 6.22. The van der Waals surface area contributed by atoms with E-state index in [4.69, 9.17) is 14.5 Å². The van der Waals surface area contributed by atoms with Crippen LogP contribution in [-0.4, -0.2) is 33.4 Å². The number of benzene rings is 2. The zero-order chi connectivity index (χ0) is 23.2. The lowest BCUT2D eigenvalue weighted by Crippen LogP contribution is -2.37. The molecule has 7 nitrogen and oxygen atoms in total. The minimum absolute atomic E-state index is 0.0722. The van der Waals surface area contributed by atoms with E-state index in [1.54, 1.807) is 16.7 Å². The van der Waals surface area contributed by atoms with E-state index in [0.717, 1.165) is 29.7 Å². The van der Waals surface area contributed by atoms with Crippen LogP contribution in [0.1, 0.15) is 51.8 Å². The number of anilines is 1. The minimum Gasteiger partial charge on any atom is -0.493 e. The lowest BCUT2D eigenvalue weighted by Gasteiger charge is -2.31. The van der Waals surface area contributed by atoms with Crippen molar-refractivity contribution in [3.05, 3.63) is 54.1 Å². The van der Waals surface area contributed by atoms with Gasteiger partial charge in [-0.25, -0.2) is 0 Å². The highest BCUT2D eigenvalue weighted by Gasteiger charge is 2.36. The molecule has 0 spiro atoms. The number of aromatic nitrogens is 3. The smallest absolute Gasteiger partial charge is 0.247 e. The number of rotatable bonds is 8. The highest BCUT2D eigenvalue weighted by atomic mass is 32.2. The van der Waals surface area contributed by atoms with Gasteiger partial charge in [0.1, 0.15) is 5.75 Å². The Kier molecular flexibility index (Phi) is 7.44. The highest BCUT2D eigenvalue weighted by Crippen LogP contribution is 2.45. The molecule has 2 aromatic carbocycles. The Balaban J connectivity index is 1.88. The summed E-state index contributed by atoms with van der Waals surface area (Å²) in [7, 11) is 0. The summed E-state index contributed by atoms with van der Waals surface area (Å²) in [6.45, 7) is 6.42. The molecule has 1 aliphatic heterocycles. The number of carbonyl (C=O) groups excluding carboxylic acids is 1. The number of para-hydroxylation sites is 2. The largest absolute Gasteiger partial charge is 0.493 e. The van der Waals surface area contributed by atoms with Gasteiger partial charge in [0.05, 0.1) is 17.9 Å². The normalized spacial score (nSPS) is 14.6. The Hall–Kier alpha value is -3.13. The molecule has 0 fully saturated rings. The van der Waals surface area contributed by atoms with Crippen LogP contribution in [0, 0.1) is 0 Å². The fourth-order valence-electron chi connectivity index (χ4n) is 3.70. The Morgan fingerprint density at radius 2 is 1.88 bits per heavy atom. The van der Waals surface area contributed by atoms with Crippen molar-refractivity contribution in [2.75, 3.05) is 17.3 Å². The van der Waals surface area contributed by atoms with Gasteiger partial charge >= 0.3 is 0 Å². The number of hydrogen-bond acceptors (Lipinski definition) is 7. The maximum Gasteiger partial charge on any atom is 0.247 e. The summed E-state index contributed by atoms with van der Waals surface area (Å²) in [5, 5.41) is 9.37. The van der Waals surface area contributed by atoms with E-state index in [2.05, 4.69) is 17.1 Å². The van der Waals surface area contributed by atoms with Gasteiger partial charge in [0.15, 0.2) is 5.69 Å². The SMILES string of the molecule is CCCCSc1nnc2c(n1)OC(c1ccccc1OCC)N(C(=O)CC)c1ccccc1-2. The van der Waals surface area contributed by atoms with E-state index in [1.165, 1.54) is 0 Å². The van der Waals surface area contributed by atoms with Gasteiger partial charge in [-0.05, 0) is 31.5 Å². The molecule has 0 aliphatic carbocycles. The molecule has 0 radical (unpaired) electrons. The summed E-state index contributed by atoms with van der Waals surface area (Å²) in [5.41, 5.74) is 2.75. The van der Waals surface area contributed by atoms with Gasteiger partial charge in [0.2, 0.25) is 23.2 Å². The zero-order valence-corrected chi connectivity index (χ0v) is 20.0. The molecule has 2 heterocycles. The molecule has 1 atom stereocenters. The third kappa shape index (κ3) is 4.80. The number of fused-ring (bicyclic) bond motifs is 3. The van der Waals surface area contributed by atoms with Crippen molar-refractivity contribution in [2.45, 2.75) is 51.4 Å². The number of hydrogen-bond donors (Lipinski definition) is 0. The first kappa shape index (κ1) is 23.0. The molecule has 1 aromatic heterocycles. The summed E-state index contributed by atoms with van der Waals surface area (Å²) in [5.74, 6) is 1.86. The van der Waals surface area contributed by atoms with Crippen LogP contribution in [0.4, 0.5) is 5.69 Å². The number of unbranched alkanes of at least 4 members (excludes halogenated alkanes) is 1. The number of carbonyl (C=O) groups is 1. The molecule has 1 unspecified atom stereocenters. The summed E-state index contributed by atoms with van der Waals surface area (Å²) >= 11 is 1.56. The third-order valence-electron chi connectivity index (χ3n) is 5.30. The Morgan fingerprint density at radius 3 is 2.67 bits per heavy atom. The maximum atomic E-state index is 13.3. The van der Waals surface area contributed by atoms with E-state index >= 15 is 0 Å². The molecule has 0 N–H and O–H groups in total. The molecule has 1 amide bonds. The van der Waals surface area contributed by atoms with Crippen LogP contribution in [0.25, 0.3) is 11.3 Å². The van der Waals surface area contributed by atoms with E-state index in [9.17, 15) is 4.79 Å². The standard InChI is InChI=1S/C25H28N4O3S/c1-4-7-16-33-25-26-23-22(27-28-25)17-12-8-10-14-19(17)29(21(30)5-2)24(32-23)18-13-9-11-15-20(18)31-6-3/h8-15,24H,4-7,16H2,1-3H3. The number of ether oxygens (including phenoxy) is 2.